The Kier molecular flexibility index (Phi) is 3.35. The molecule has 3 rings (SSSR count). The van der Waals surface area contributed by atoms with E-state index in [1.165, 1.54) is 4.88 Å². The summed E-state index contributed by atoms with van der Waals surface area (Å²) in [5, 5.41) is 2.07. The van der Waals surface area contributed by atoms with E-state index in [4.69, 9.17) is 5.73 Å². The first-order valence-corrected chi connectivity index (χ1v) is 7.35. The molecule has 6 heteroatoms. The molecular formula is C13H11BrN4S. The molecule has 0 aliphatic heterocycles. The van der Waals surface area contributed by atoms with E-state index in [2.05, 4.69) is 41.9 Å². The molecular weight excluding hydrogens is 324 g/mol. The fourth-order valence-electron chi connectivity index (χ4n) is 1.91. The highest BCUT2D eigenvalue weighted by Gasteiger charge is 2.09. The molecule has 0 saturated carbocycles. The Labute approximate surface area is 123 Å². The molecule has 0 radical (unpaired) electrons. The summed E-state index contributed by atoms with van der Waals surface area (Å²) in [5.74, 6) is 0.525. The first-order chi connectivity index (χ1) is 9.24. The minimum Gasteiger partial charge on any atom is -0.383 e. The Morgan fingerprint density at radius 2 is 2.32 bits per heavy atom. The van der Waals surface area contributed by atoms with Crippen LogP contribution in [-0.2, 0) is 6.54 Å². The summed E-state index contributed by atoms with van der Waals surface area (Å²) in [6.07, 6.45) is 5.32. The summed E-state index contributed by atoms with van der Waals surface area (Å²) in [6.45, 7) is 0.778. The lowest BCUT2D eigenvalue weighted by molar-refractivity contribution is 0.817. The normalized spacial score (nSPS) is 10.8. The summed E-state index contributed by atoms with van der Waals surface area (Å²) in [7, 11) is 0. The number of hydrogen-bond acceptors (Lipinski definition) is 4. The van der Waals surface area contributed by atoms with E-state index in [-0.39, 0.29) is 0 Å². The predicted octanol–water partition coefficient (Wildman–Crippen LogP) is 3.40. The molecule has 96 valence electrons. The summed E-state index contributed by atoms with van der Waals surface area (Å²) in [5.41, 5.74) is 7.82. The molecule has 0 atom stereocenters. The molecule has 0 unspecified atom stereocenters. The lowest BCUT2D eigenvalue weighted by atomic mass is 10.2. The van der Waals surface area contributed by atoms with Gasteiger partial charge >= 0.3 is 0 Å². The van der Waals surface area contributed by atoms with Crippen molar-refractivity contribution in [3.05, 3.63) is 51.7 Å². The van der Waals surface area contributed by atoms with Crippen LogP contribution in [-0.4, -0.2) is 14.5 Å². The topological polar surface area (TPSA) is 56.7 Å². The Morgan fingerprint density at radius 3 is 3.05 bits per heavy atom. The maximum absolute atomic E-state index is 5.92. The largest absolute Gasteiger partial charge is 0.383 e. The standard InChI is InChI=1S/C13H11BrN4S/c14-9-4-10(19-7-9)6-18-8-16-5-12(18)11-2-1-3-17-13(11)15/h1-5,7-8H,6H2,(H2,15,17). The number of nitrogens with zero attached hydrogens (tertiary/aromatic N) is 3. The van der Waals surface area contributed by atoms with E-state index in [0.717, 1.165) is 22.3 Å². The fourth-order valence-corrected chi connectivity index (χ4v) is 3.36. The number of aromatic nitrogens is 3. The van der Waals surface area contributed by atoms with Gasteiger partial charge in [0.25, 0.3) is 0 Å². The van der Waals surface area contributed by atoms with Gasteiger partial charge in [0.1, 0.15) is 5.82 Å². The quantitative estimate of drug-likeness (QED) is 0.798. The SMILES string of the molecule is Nc1ncccc1-c1cncn1Cc1cc(Br)cs1. The van der Waals surface area contributed by atoms with Crippen molar-refractivity contribution >= 4 is 33.1 Å². The summed E-state index contributed by atoms with van der Waals surface area (Å²) in [4.78, 5) is 9.59. The maximum atomic E-state index is 5.92. The van der Waals surface area contributed by atoms with Crippen LogP contribution in [0.1, 0.15) is 4.88 Å². The lowest BCUT2D eigenvalue weighted by Gasteiger charge is -2.08. The van der Waals surface area contributed by atoms with Crippen molar-refractivity contribution in [1.29, 1.82) is 0 Å². The van der Waals surface area contributed by atoms with Gasteiger partial charge in [-0.2, -0.15) is 0 Å². The number of pyridine rings is 1. The third kappa shape index (κ3) is 2.54. The number of thiophene rings is 1. The minimum absolute atomic E-state index is 0.525. The minimum atomic E-state index is 0.525. The summed E-state index contributed by atoms with van der Waals surface area (Å²) >= 11 is 5.18. The van der Waals surface area contributed by atoms with Crippen LogP contribution in [0.3, 0.4) is 0 Å². The molecule has 0 bridgehead atoms. The second kappa shape index (κ2) is 5.14. The van der Waals surface area contributed by atoms with Gasteiger partial charge in [0, 0.05) is 26.5 Å². The van der Waals surface area contributed by atoms with Gasteiger partial charge < -0.3 is 10.3 Å². The van der Waals surface area contributed by atoms with Crippen molar-refractivity contribution in [1.82, 2.24) is 14.5 Å². The molecule has 0 amide bonds. The number of imidazole rings is 1. The monoisotopic (exact) mass is 334 g/mol. The molecule has 4 nitrogen and oxygen atoms in total. The molecule has 0 saturated heterocycles. The molecule has 2 N–H and O–H groups in total. The van der Waals surface area contributed by atoms with E-state index in [0.29, 0.717) is 5.82 Å². The van der Waals surface area contributed by atoms with Crippen LogP contribution < -0.4 is 5.73 Å². The van der Waals surface area contributed by atoms with Crippen LogP contribution in [0.4, 0.5) is 5.82 Å². The third-order valence-corrected chi connectivity index (χ3v) is 4.46. The van der Waals surface area contributed by atoms with Crippen molar-refractivity contribution in [3.63, 3.8) is 0 Å². The molecule has 3 heterocycles. The number of nitrogen functional groups attached to an aromatic ring is 1. The van der Waals surface area contributed by atoms with E-state index < -0.39 is 0 Å². The van der Waals surface area contributed by atoms with Gasteiger partial charge in [-0.3, -0.25) is 0 Å². The Hall–Kier alpha value is -1.66. The highest BCUT2D eigenvalue weighted by molar-refractivity contribution is 9.10. The van der Waals surface area contributed by atoms with Gasteiger partial charge in [-0.25, -0.2) is 9.97 Å². The summed E-state index contributed by atoms with van der Waals surface area (Å²) < 4.78 is 3.18. The number of halogens is 1. The highest BCUT2D eigenvalue weighted by atomic mass is 79.9. The van der Waals surface area contributed by atoms with E-state index in [9.17, 15) is 0 Å². The van der Waals surface area contributed by atoms with Gasteiger partial charge in [-0.05, 0) is 34.1 Å². The van der Waals surface area contributed by atoms with Crippen molar-refractivity contribution in [3.8, 4) is 11.3 Å². The van der Waals surface area contributed by atoms with Gasteiger partial charge in [0.05, 0.1) is 24.8 Å². The second-order valence-corrected chi connectivity index (χ2v) is 5.99. The average Bonchev–Trinajstić information content (AvgIpc) is 3.00. The molecule has 0 spiro atoms. The Bertz CT molecular complexity index is 704. The fraction of sp³-hybridized carbons (Fsp3) is 0.0769. The van der Waals surface area contributed by atoms with Gasteiger partial charge in [-0.1, -0.05) is 0 Å². The molecule has 0 fully saturated rings. The van der Waals surface area contributed by atoms with Crippen LogP contribution in [0.25, 0.3) is 11.3 Å². The van der Waals surface area contributed by atoms with Crippen molar-refractivity contribution < 1.29 is 0 Å². The van der Waals surface area contributed by atoms with Crippen LogP contribution in [0.5, 0.6) is 0 Å². The van der Waals surface area contributed by atoms with Gasteiger partial charge in [0.2, 0.25) is 0 Å². The molecule has 0 aliphatic rings. The highest BCUT2D eigenvalue weighted by Crippen LogP contribution is 2.26. The Morgan fingerprint density at radius 1 is 1.42 bits per heavy atom. The lowest BCUT2D eigenvalue weighted by Crippen LogP contribution is -2.01. The van der Waals surface area contributed by atoms with Gasteiger partial charge in [-0.15, -0.1) is 11.3 Å². The van der Waals surface area contributed by atoms with Crippen LogP contribution >= 0.6 is 27.3 Å². The zero-order chi connectivity index (χ0) is 13.2. The van der Waals surface area contributed by atoms with E-state index >= 15 is 0 Å². The maximum Gasteiger partial charge on any atom is 0.132 e. The summed E-state index contributed by atoms with van der Waals surface area (Å²) in [6, 6.07) is 5.95. The number of rotatable bonds is 3. The third-order valence-electron chi connectivity index (χ3n) is 2.77. The smallest absolute Gasteiger partial charge is 0.132 e. The average molecular weight is 335 g/mol. The molecule has 0 aliphatic carbocycles. The van der Waals surface area contributed by atoms with E-state index in [1.807, 2.05) is 24.7 Å². The van der Waals surface area contributed by atoms with Crippen molar-refractivity contribution in [2.45, 2.75) is 6.54 Å². The van der Waals surface area contributed by atoms with Crippen molar-refractivity contribution in [2.75, 3.05) is 5.73 Å². The molecule has 3 aromatic rings. The molecule has 0 aromatic carbocycles. The molecule has 3 aromatic heterocycles. The number of hydrogen-bond donors (Lipinski definition) is 1. The number of nitrogens with two attached hydrogens (primary N) is 1. The zero-order valence-corrected chi connectivity index (χ0v) is 12.4. The van der Waals surface area contributed by atoms with Crippen LogP contribution in [0, 0.1) is 0 Å². The molecule has 19 heavy (non-hydrogen) atoms. The van der Waals surface area contributed by atoms with Crippen LogP contribution in [0.15, 0.2) is 46.8 Å². The second-order valence-electron chi connectivity index (χ2n) is 4.07. The first kappa shape index (κ1) is 12.4. The predicted molar refractivity (Wildman–Crippen MR) is 81.0 cm³/mol. The van der Waals surface area contributed by atoms with E-state index in [1.54, 1.807) is 17.5 Å². The zero-order valence-electron chi connectivity index (χ0n) is 9.95. The first-order valence-electron chi connectivity index (χ1n) is 5.68. The van der Waals surface area contributed by atoms with Crippen LogP contribution in [0.2, 0.25) is 0 Å². The number of anilines is 1. The van der Waals surface area contributed by atoms with Gasteiger partial charge in [0.15, 0.2) is 0 Å². The Balaban J connectivity index is 1.97. The van der Waals surface area contributed by atoms with Crippen molar-refractivity contribution in [2.24, 2.45) is 0 Å².